The third-order valence-corrected chi connectivity index (χ3v) is 3.45. The molecule has 2 atom stereocenters. The lowest BCUT2D eigenvalue weighted by molar-refractivity contribution is 0.0866. The number of hydrogen-bond acceptors (Lipinski definition) is 3. The van der Waals surface area contributed by atoms with Gasteiger partial charge in [-0.15, -0.1) is 0 Å². The first-order valence-corrected chi connectivity index (χ1v) is 6.32. The lowest BCUT2D eigenvalue weighted by atomic mass is 10.1. The predicted molar refractivity (Wildman–Crippen MR) is 72.0 cm³/mol. The summed E-state index contributed by atoms with van der Waals surface area (Å²) in [6.07, 6.45) is 0.993. The van der Waals surface area contributed by atoms with Crippen LogP contribution in [0.15, 0.2) is 18.2 Å². The van der Waals surface area contributed by atoms with Crippen LogP contribution in [0.2, 0.25) is 0 Å². The molecule has 0 bridgehead atoms. The van der Waals surface area contributed by atoms with Gasteiger partial charge in [-0.2, -0.15) is 0 Å². The first-order valence-electron chi connectivity index (χ1n) is 6.32. The van der Waals surface area contributed by atoms with Crippen molar-refractivity contribution in [1.29, 1.82) is 0 Å². The second-order valence-corrected chi connectivity index (χ2v) is 4.72. The lowest BCUT2D eigenvalue weighted by Crippen LogP contribution is -2.39. The van der Waals surface area contributed by atoms with Crippen LogP contribution in [0.5, 0.6) is 0 Å². The van der Waals surface area contributed by atoms with Crippen molar-refractivity contribution in [2.45, 2.75) is 32.4 Å². The number of aryl methyl sites for hydroxylation is 1. The molecule has 1 aliphatic heterocycles. The molecule has 98 valence electrons. The Labute approximate surface area is 108 Å². The van der Waals surface area contributed by atoms with Gasteiger partial charge in [0.25, 0.3) is 5.91 Å². The molecule has 1 heterocycles. The topological polar surface area (TPSA) is 50.4 Å². The highest BCUT2D eigenvalue weighted by atomic mass is 16.5. The van der Waals surface area contributed by atoms with Crippen molar-refractivity contribution < 1.29 is 9.53 Å². The van der Waals surface area contributed by atoms with Crippen LogP contribution >= 0.6 is 0 Å². The molecule has 18 heavy (non-hydrogen) atoms. The maximum Gasteiger partial charge on any atom is 0.251 e. The number of ether oxygens (including phenoxy) is 1. The van der Waals surface area contributed by atoms with Gasteiger partial charge in [-0.05, 0) is 44.0 Å². The van der Waals surface area contributed by atoms with E-state index >= 15 is 0 Å². The number of benzene rings is 1. The van der Waals surface area contributed by atoms with Gasteiger partial charge < -0.3 is 15.4 Å². The maximum absolute atomic E-state index is 12.1. The Balaban J connectivity index is 2.07. The molecule has 0 aliphatic carbocycles. The van der Waals surface area contributed by atoms with E-state index in [1.165, 1.54) is 0 Å². The number of anilines is 1. The fourth-order valence-corrected chi connectivity index (χ4v) is 2.26. The largest absolute Gasteiger partial charge is 0.388 e. The first-order chi connectivity index (χ1) is 8.61. The molecule has 1 aliphatic rings. The van der Waals surface area contributed by atoms with Crippen molar-refractivity contribution in [3.63, 3.8) is 0 Å². The van der Waals surface area contributed by atoms with Crippen molar-refractivity contribution >= 4 is 11.6 Å². The molecular formula is C14H20N2O2. The van der Waals surface area contributed by atoms with Gasteiger partial charge in [-0.25, -0.2) is 0 Å². The van der Waals surface area contributed by atoms with E-state index in [-0.39, 0.29) is 18.1 Å². The number of carbonyl (C=O) groups is 1. The van der Waals surface area contributed by atoms with E-state index in [2.05, 4.69) is 10.6 Å². The first kappa shape index (κ1) is 12.9. The van der Waals surface area contributed by atoms with E-state index in [0.29, 0.717) is 5.56 Å². The van der Waals surface area contributed by atoms with Crippen LogP contribution in [0.3, 0.4) is 0 Å². The van der Waals surface area contributed by atoms with Gasteiger partial charge in [0, 0.05) is 24.9 Å². The Kier molecular flexibility index (Phi) is 3.87. The molecular weight excluding hydrogens is 228 g/mol. The molecule has 1 fully saturated rings. The summed E-state index contributed by atoms with van der Waals surface area (Å²) < 4.78 is 5.44. The second-order valence-electron chi connectivity index (χ2n) is 4.72. The average molecular weight is 248 g/mol. The minimum absolute atomic E-state index is 0.0249. The zero-order valence-electron chi connectivity index (χ0n) is 11.1. The van der Waals surface area contributed by atoms with Gasteiger partial charge in [0.05, 0.1) is 12.1 Å². The van der Waals surface area contributed by atoms with Gasteiger partial charge in [-0.1, -0.05) is 0 Å². The molecule has 1 amide bonds. The van der Waals surface area contributed by atoms with Crippen LogP contribution in [-0.2, 0) is 4.74 Å². The molecule has 2 unspecified atom stereocenters. The molecule has 2 rings (SSSR count). The normalized spacial score (nSPS) is 22.8. The van der Waals surface area contributed by atoms with Crippen molar-refractivity contribution in [2.75, 3.05) is 19.0 Å². The number of carbonyl (C=O) groups excluding carboxylic acids is 1. The molecule has 1 saturated heterocycles. The summed E-state index contributed by atoms with van der Waals surface area (Å²) >= 11 is 0. The van der Waals surface area contributed by atoms with Gasteiger partial charge in [-0.3, -0.25) is 4.79 Å². The van der Waals surface area contributed by atoms with Gasteiger partial charge in [0.1, 0.15) is 0 Å². The third-order valence-electron chi connectivity index (χ3n) is 3.45. The monoisotopic (exact) mass is 248 g/mol. The van der Waals surface area contributed by atoms with Crippen LogP contribution in [0.1, 0.15) is 29.3 Å². The Morgan fingerprint density at radius 1 is 1.44 bits per heavy atom. The molecule has 4 heteroatoms. The quantitative estimate of drug-likeness (QED) is 0.859. The molecule has 0 aromatic heterocycles. The van der Waals surface area contributed by atoms with Crippen molar-refractivity contribution in [1.82, 2.24) is 5.32 Å². The van der Waals surface area contributed by atoms with E-state index in [1.807, 2.05) is 39.1 Å². The molecule has 1 aromatic rings. The van der Waals surface area contributed by atoms with E-state index in [9.17, 15) is 4.79 Å². The van der Waals surface area contributed by atoms with Crippen LogP contribution in [0.4, 0.5) is 5.69 Å². The number of amides is 1. The zero-order chi connectivity index (χ0) is 13.1. The van der Waals surface area contributed by atoms with Gasteiger partial charge in [0.15, 0.2) is 0 Å². The molecule has 4 nitrogen and oxygen atoms in total. The average Bonchev–Trinajstić information content (AvgIpc) is 2.75. The summed E-state index contributed by atoms with van der Waals surface area (Å²) in [5, 5.41) is 6.12. The number of rotatable bonds is 3. The predicted octanol–water partition coefficient (Wildman–Crippen LogP) is 1.94. The van der Waals surface area contributed by atoms with E-state index < -0.39 is 0 Å². The van der Waals surface area contributed by atoms with Gasteiger partial charge in [0.2, 0.25) is 0 Å². The Morgan fingerprint density at radius 2 is 2.22 bits per heavy atom. The Morgan fingerprint density at radius 3 is 2.78 bits per heavy atom. The molecule has 1 aromatic carbocycles. The summed E-state index contributed by atoms with van der Waals surface area (Å²) in [4.78, 5) is 12.1. The molecule has 0 spiro atoms. The minimum atomic E-state index is -0.0249. The molecule has 2 N–H and O–H groups in total. The standard InChI is InChI=1S/C14H20N2O2/c1-9-8-11(4-5-12(9)15-3)14(17)16-13-6-7-18-10(13)2/h4-5,8,10,13,15H,6-7H2,1-3H3,(H,16,17). The van der Waals surface area contributed by atoms with Crippen LogP contribution < -0.4 is 10.6 Å². The smallest absolute Gasteiger partial charge is 0.251 e. The fourth-order valence-electron chi connectivity index (χ4n) is 2.26. The van der Waals surface area contributed by atoms with Crippen molar-refractivity contribution in [3.8, 4) is 0 Å². The lowest BCUT2D eigenvalue weighted by Gasteiger charge is -2.16. The van der Waals surface area contributed by atoms with E-state index in [4.69, 9.17) is 4.74 Å². The highest BCUT2D eigenvalue weighted by molar-refractivity contribution is 5.95. The highest BCUT2D eigenvalue weighted by Gasteiger charge is 2.25. The van der Waals surface area contributed by atoms with Gasteiger partial charge >= 0.3 is 0 Å². The van der Waals surface area contributed by atoms with Crippen molar-refractivity contribution in [2.24, 2.45) is 0 Å². The second kappa shape index (κ2) is 5.40. The van der Waals surface area contributed by atoms with Crippen molar-refractivity contribution in [3.05, 3.63) is 29.3 Å². The minimum Gasteiger partial charge on any atom is -0.388 e. The van der Waals surface area contributed by atoms with Crippen LogP contribution in [0, 0.1) is 6.92 Å². The summed E-state index contributed by atoms with van der Waals surface area (Å²) in [5.41, 5.74) is 2.82. The Bertz CT molecular complexity index is 445. The molecule has 0 saturated carbocycles. The highest BCUT2D eigenvalue weighted by Crippen LogP contribution is 2.17. The summed E-state index contributed by atoms with van der Waals surface area (Å²) in [7, 11) is 1.87. The number of nitrogens with one attached hydrogen (secondary N) is 2. The molecule has 0 radical (unpaired) electrons. The number of hydrogen-bond donors (Lipinski definition) is 2. The summed E-state index contributed by atoms with van der Waals surface area (Å²) in [6.45, 7) is 4.71. The van der Waals surface area contributed by atoms with Crippen LogP contribution in [0.25, 0.3) is 0 Å². The fraction of sp³-hybridized carbons (Fsp3) is 0.500. The SMILES string of the molecule is CNc1ccc(C(=O)NC2CCOC2C)cc1C. The van der Waals surface area contributed by atoms with E-state index in [1.54, 1.807) is 0 Å². The summed E-state index contributed by atoms with van der Waals surface area (Å²) in [5.74, 6) is -0.0249. The van der Waals surface area contributed by atoms with Crippen LogP contribution in [-0.4, -0.2) is 31.7 Å². The zero-order valence-corrected chi connectivity index (χ0v) is 11.1. The maximum atomic E-state index is 12.1. The summed E-state index contributed by atoms with van der Waals surface area (Å²) in [6, 6.07) is 5.80. The Hall–Kier alpha value is -1.55. The third kappa shape index (κ3) is 2.64. The van der Waals surface area contributed by atoms with E-state index in [0.717, 1.165) is 24.3 Å².